The normalized spacial score (nSPS) is 29.4. The molecule has 1 aliphatic carbocycles. The minimum atomic E-state index is -0.168. The minimum Gasteiger partial charge on any atom is -0.391 e. The summed E-state index contributed by atoms with van der Waals surface area (Å²) in [6.07, 6.45) is 4.07. The van der Waals surface area contributed by atoms with Crippen molar-refractivity contribution in [2.24, 2.45) is 0 Å². The van der Waals surface area contributed by atoms with Crippen molar-refractivity contribution in [1.29, 1.82) is 0 Å². The molecule has 2 heteroatoms. The van der Waals surface area contributed by atoms with E-state index in [-0.39, 0.29) is 6.10 Å². The van der Waals surface area contributed by atoms with Crippen molar-refractivity contribution in [2.45, 2.75) is 63.6 Å². The molecule has 2 nitrogen and oxygen atoms in total. The molecule has 0 saturated heterocycles. The molecule has 106 valence electrons. The number of aliphatic hydroxyl groups is 1. The smallest absolute Gasteiger partial charge is 0.0695 e. The highest BCUT2D eigenvalue weighted by molar-refractivity contribution is 5.20. The van der Waals surface area contributed by atoms with Crippen molar-refractivity contribution >= 4 is 0 Å². The van der Waals surface area contributed by atoms with Crippen molar-refractivity contribution in [3.05, 3.63) is 35.9 Å². The average Bonchev–Trinajstić information content (AvgIpc) is 2.47. The zero-order chi connectivity index (χ0) is 13.8. The molecule has 1 saturated carbocycles. The summed E-state index contributed by atoms with van der Waals surface area (Å²) >= 11 is 0. The summed E-state index contributed by atoms with van der Waals surface area (Å²) in [6, 6.07) is 11.6. The lowest BCUT2D eigenvalue weighted by molar-refractivity contribution is 0.00919. The van der Waals surface area contributed by atoms with Crippen molar-refractivity contribution in [3.63, 3.8) is 0 Å². The van der Waals surface area contributed by atoms with Gasteiger partial charge in [-0.3, -0.25) is 4.90 Å². The molecule has 1 N–H and O–H groups in total. The largest absolute Gasteiger partial charge is 0.391 e. The van der Waals surface area contributed by atoms with E-state index in [4.69, 9.17) is 0 Å². The molecular formula is C17H27NO. The first-order valence-electron chi connectivity index (χ1n) is 7.58. The highest BCUT2D eigenvalue weighted by Crippen LogP contribution is 2.35. The first-order valence-corrected chi connectivity index (χ1v) is 7.58. The molecule has 0 bridgehead atoms. The van der Waals surface area contributed by atoms with Gasteiger partial charge in [-0.25, -0.2) is 0 Å². The topological polar surface area (TPSA) is 23.5 Å². The Bertz CT molecular complexity index is 378. The van der Waals surface area contributed by atoms with E-state index in [0.717, 1.165) is 25.7 Å². The Labute approximate surface area is 117 Å². The van der Waals surface area contributed by atoms with Crippen molar-refractivity contribution in [1.82, 2.24) is 4.90 Å². The highest BCUT2D eigenvalue weighted by Gasteiger charge is 2.33. The SMILES string of the molecule is CCC(C)N(C)C1CC(c2ccccc2)CCC1O. The van der Waals surface area contributed by atoms with E-state index in [0.29, 0.717) is 18.0 Å². The van der Waals surface area contributed by atoms with E-state index >= 15 is 0 Å². The first kappa shape index (κ1) is 14.5. The van der Waals surface area contributed by atoms with Crippen molar-refractivity contribution in [3.8, 4) is 0 Å². The minimum absolute atomic E-state index is 0.168. The Kier molecular flexibility index (Phi) is 5.00. The van der Waals surface area contributed by atoms with Crippen molar-refractivity contribution < 1.29 is 5.11 Å². The predicted octanol–water partition coefficient (Wildman–Crippen LogP) is 3.41. The molecule has 2 rings (SSSR count). The molecular weight excluding hydrogens is 234 g/mol. The Balaban J connectivity index is 2.08. The average molecular weight is 261 g/mol. The van der Waals surface area contributed by atoms with Crippen LogP contribution < -0.4 is 0 Å². The van der Waals surface area contributed by atoms with Gasteiger partial charge in [-0.1, -0.05) is 37.3 Å². The standard InChI is InChI=1S/C17H27NO/c1-4-13(2)18(3)16-12-15(10-11-17(16)19)14-8-6-5-7-9-14/h5-9,13,15-17,19H,4,10-12H2,1-3H3. The van der Waals surface area contributed by atoms with E-state index < -0.39 is 0 Å². The van der Waals surface area contributed by atoms with Gasteiger partial charge in [0.05, 0.1) is 6.10 Å². The fraction of sp³-hybridized carbons (Fsp3) is 0.647. The molecule has 0 amide bonds. The van der Waals surface area contributed by atoms with Gasteiger partial charge in [0.15, 0.2) is 0 Å². The maximum Gasteiger partial charge on any atom is 0.0695 e. The summed E-state index contributed by atoms with van der Waals surface area (Å²) in [7, 11) is 2.16. The molecule has 0 spiro atoms. The molecule has 4 unspecified atom stereocenters. The number of aliphatic hydroxyl groups excluding tert-OH is 1. The molecule has 1 aromatic rings. The number of rotatable bonds is 4. The second-order valence-electron chi connectivity index (χ2n) is 5.98. The number of benzene rings is 1. The molecule has 0 aromatic heterocycles. The van der Waals surface area contributed by atoms with Crippen LogP contribution in [0.25, 0.3) is 0 Å². The number of likely N-dealkylation sites (N-methyl/N-ethyl adjacent to an activating group) is 1. The maximum absolute atomic E-state index is 10.3. The lowest BCUT2D eigenvalue weighted by atomic mass is 9.79. The van der Waals surface area contributed by atoms with Crippen molar-refractivity contribution in [2.75, 3.05) is 7.05 Å². The summed E-state index contributed by atoms with van der Waals surface area (Å²) in [6.45, 7) is 4.46. The van der Waals surface area contributed by atoms with Crippen LogP contribution in [-0.2, 0) is 0 Å². The van der Waals surface area contributed by atoms with Crippen LogP contribution in [0, 0.1) is 0 Å². The summed E-state index contributed by atoms with van der Waals surface area (Å²) in [5.74, 6) is 0.598. The third-order valence-corrected chi connectivity index (χ3v) is 4.86. The Hall–Kier alpha value is -0.860. The van der Waals surface area contributed by atoms with E-state index in [1.165, 1.54) is 5.56 Å². The Morgan fingerprint density at radius 1 is 1.26 bits per heavy atom. The van der Waals surface area contributed by atoms with E-state index in [2.05, 4.69) is 56.1 Å². The molecule has 4 atom stereocenters. The van der Waals surface area contributed by atoms with E-state index in [9.17, 15) is 5.11 Å². The molecule has 1 fully saturated rings. The number of hydrogen-bond acceptors (Lipinski definition) is 2. The monoisotopic (exact) mass is 261 g/mol. The van der Waals surface area contributed by atoms with Crippen LogP contribution in [0.2, 0.25) is 0 Å². The van der Waals surface area contributed by atoms with Gasteiger partial charge in [0.1, 0.15) is 0 Å². The Morgan fingerprint density at radius 3 is 2.58 bits per heavy atom. The molecule has 1 aromatic carbocycles. The lowest BCUT2D eigenvalue weighted by Crippen LogP contribution is -2.48. The van der Waals surface area contributed by atoms with Gasteiger partial charge in [-0.15, -0.1) is 0 Å². The third kappa shape index (κ3) is 3.37. The number of hydrogen-bond donors (Lipinski definition) is 1. The molecule has 1 aliphatic rings. The predicted molar refractivity (Wildman–Crippen MR) is 80.3 cm³/mol. The van der Waals surface area contributed by atoms with E-state index in [1.54, 1.807) is 0 Å². The van der Waals surface area contributed by atoms with Gasteiger partial charge in [-0.2, -0.15) is 0 Å². The summed E-state index contributed by atoms with van der Waals surface area (Å²) in [5, 5.41) is 10.3. The Morgan fingerprint density at radius 2 is 1.95 bits per heavy atom. The van der Waals surface area contributed by atoms with Gasteiger partial charge in [-0.05, 0) is 51.1 Å². The van der Waals surface area contributed by atoms with E-state index in [1.807, 2.05) is 0 Å². The third-order valence-electron chi connectivity index (χ3n) is 4.86. The maximum atomic E-state index is 10.3. The van der Waals surface area contributed by atoms with Gasteiger partial charge >= 0.3 is 0 Å². The van der Waals surface area contributed by atoms with Crippen LogP contribution in [-0.4, -0.2) is 35.2 Å². The van der Waals surface area contributed by atoms with Crippen LogP contribution in [0.3, 0.4) is 0 Å². The molecule has 0 aliphatic heterocycles. The molecule has 0 heterocycles. The molecule has 0 radical (unpaired) electrons. The summed E-state index contributed by atoms with van der Waals surface area (Å²) in [4.78, 5) is 2.37. The fourth-order valence-corrected chi connectivity index (χ4v) is 3.21. The van der Waals surface area contributed by atoms with Crippen LogP contribution in [0.15, 0.2) is 30.3 Å². The van der Waals surface area contributed by atoms with Crippen LogP contribution in [0.1, 0.15) is 51.0 Å². The quantitative estimate of drug-likeness (QED) is 0.898. The zero-order valence-electron chi connectivity index (χ0n) is 12.4. The number of nitrogens with zero attached hydrogens (tertiary/aromatic N) is 1. The van der Waals surface area contributed by atoms with Gasteiger partial charge in [0.2, 0.25) is 0 Å². The summed E-state index contributed by atoms with van der Waals surface area (Å²) in [5.41, 5.74) is 1.43. The van der Waals surface area contributed by atoms with Crippen LogP contribution in [0.5, 0.6) is 0 Å². The van der Waals surface area contributed by atoms with Gasteiger partial charge < -0.3 is 5.11 Å². The van der Waals surface area contributed by atoms with Gasteiger partial charge in [0.25, 0.3) is 0 Å². The summed E-state index contributed by atoms with van der Waals surface area (Å²) < 4.78 is 0. The van der Waals surface area contributed by atoms with Crippen LogP contribution in [0.4, 0.5) is 0 Å². The van der Waals surface area contributed by atoms with Gasteiger partial charge in [0, 0.05) is 12.1 Å². The second kappa shape index (κ2) is 6.53. The van der Waals surface area contributed by atoms with Crippen LogP contribution >= 0.6 is 0 Å². The molecule has 19 heavy (non-hydrogen) atoms. The second-order valence-corrected chi connectivity index (χ2v) is 5.98. The zero-order valence-corrected chi connectivity index (χ0v) is 12.4. The lowest BCUT2D eigenvalue weighted by Gasteiger charge is -2.41. The highest BCUT2D eigenvalue weighted by atomic mass is 16.3. The fourth-order valence-electron chi connectivity index (χ4n) is 3.21. The first-order chi connectivity index (χ1) is 9.13.